The molecule has 0 aliphatic carbocycles. The summed E-state index contributed by atoms with van der Waals surface area (Å²) in [6.45, 7) is 8.13. The molecular formula is C17H22N4O. The molecule has 0 aliphatic heterocycles. The molecule has 0 bridgehead atoms. The lowest BCUT2D eigenvalue weighted by Gasteiger charge is -2.10. The number of nitrogens with one attached hydrogen (secondary N) is 2. The summed E-state index contributed by atoms with van der Waals surface area (Å²) in [6, 6.07) is 8.27. The topological polar surface area (TPSA) is 66.9 Å². The second kappa shape index (κ2) is 7.02. The van der Waals surface area contributed by atoms with E-state index in [0.717, 1.165) is 5.69 Å². The Kier molecular flexibility index (Phi) is 5.09. The van der Waals surface area contributed by atoms with E-state index < -0.39 is 0 Å². The summed E-state index contributed by atoms with van der Waals surface area (Å²) >= 11 is 0. The van der Waals surface area contributed by atoms with Crippen LogP contribution in [0.25, 0.3) is 0 Å². The second-order valence-corrected chi connectivity index (χ2v) is 5.82. The molecule has 5 heteroatoms. The number of carbonyl (C=O) groups is 1. The van der Waals surface area contributed by atoms with Crippen molar-refractivity contribution in [2.45, 2.75) is 39.7 Å². The molecule has 0 saturated carbocycles. The van der Waals surface area contributed by atoms with Gasteiger partial charge in [-0.15, -0.1) is 0 Å². The van der Waals surface area contributed by atoms with Crippen LogP contribution in [0.2, 0.25) is 0 Å². The Hall–Kier alpha value is -2.43. The molecule has 0 spiro atoms. The van der Waals surface area contributed by atoms with Crippen LogP contribution in [0.3, 0.4) is 0 Å². The standard InChI is InChI=1S/C17H22N4O/c1-11(2)13-5-7-14(8-6-13)21-16-10-18-15(9-19-16)17(22)20-12(3)4/h5-12H,1-4H3,(H,19,21)(H,20,22). The maximum atomic E-state index is 11.8. The van der Waals surface area contributed by atoms with Crippen LogP contribution in [0.1, 0.15) is 49.7 Å². The molecule has 116 valence electrons. The molecule has 1 heterocycles. The second-order valence-electron chi connectivity index (χ2n) is 5.82. The van der Waals surface area contributed by atoms with Crippen LogP contribution in [0, 0.1) is 0 Å². The largest absolute Gasteiger partial charge is 0.348 e. The molecule has 0 radical (unpaired) electrons. The predicted octanol–water partition coefficient (Wildman–Crippen LogP) is 3.48. The fraction of sp³-hybridized carbons (Fsp3) is 0.353. The van der Waals surface area contributed by atoms with Gasteiger partial charge in [0.25, 0.3) is 5.91 Å². The molecule has 0 atom stereocenters. The number of nitrogens with zero attached hydrogens (tertiary/aromatic N) is 2. The van der Waals surface area contributed by atoms with Gasteiger partial charge in [-0.3, -0.25) is 4.79 Å². The van der Waals surface area contributed by atoms with Crippen LogP contribution >= 0.6 is 0 Å². The van der Waals surface area contributed by atoms with Gasteiger partial charge in [0.1, 0.15) is 11.5 Å². The zero-order valence-corrected chi connectivity index (χ0v) is 13.4. The van der Waals surface area contributed by atoms with Crippen LogP contribution in [0.4, 0.5) is 11.5 Å². The van der Waals surface area contributed by atoms with E-state index in [1.54, 1.807) is 6.20 Å². The summed E-state index contributed by atoms with van der Waals surface area (Å²) in [5.74, 6) is 0.904. The minimum Gasteiger partial charge on any atom is -0.348 e. The third-order valence-corrected chi connectivity index (χ3v) is 3.15. The molecule has 1 aromatic carbocycles. The number of benzene rings is 1. The van der Waals surface area contributed by atoms with Gasteiger partial charge in [0.05, 0.1) is 12.4 Å². The number of anilines is 2. The van der Waals surface area contributed by atoms with E-state index in [-0.39, 0.29) is 11.9 Å². The highest BCUT2D eigenvalue weighted by Gasteiger charge is 2.09. The van der Waals surface area contributed by atoms with Crippen molar-refractivity contribution in [1.29, 1.82) is 0 Å². The van der Waals surface area contributed by atoms with Crippen molar-refractivity contribution in [3.05, 3.63) is 47.9 Å². The Morgan fingerprint density at radius 1 is 1.00 bits per heavy atom. The average Bonchev–Trinajstić information content (AvgIpc) is 2.48. The number of amides is 1. The predicted molar refractivity (Wildman–Crippen MR) is 88.4 cm³/mol. The number of hydrogen-bond acceptors (Lipinski definition) is 4. The van der Waals surface area contributed by atoms with E-state index in [1.807, 2.05) is 26.0 Å². The van der Waals surface area contributed by atoms with Gasteiger partial charge in [-0.05, 0) is 37.5 Å². The normalized spacial score (nSPS) is 10.8. The molecule has 2 rings (SSSR count). The summed E-state index contributed by atoms with van der Waals surface area (Å²) in [6.07, 6.45) is 3.04. The van der Waals surface area contributed by atoms with Gasteiger partial charge < -0.3 is 10.6 Å². The fourth-order valence-electron chi connectivity index (χ4n) is 1.95. The SMILES string of the molecule is CC(C)NC(=O)c1cnc(Nc2ccc(C(C)C)cc2)cn1. The minimum absolute atomic E-state index is 0.0755. The molecule has 2 N–H and O–H groups in total. The van der Waals surface area contributed by atoms with E-state index in [4.69, 9.17) is 0 Å². The van der Waals surface area contributed by atoms with E-state index in [1.165, 1.54) is 11.8 Å². The zero-order valence-electron chi connectivity index (χ0n) is 13.4. The highest BCUT2D eigenvalue weighted by molar-refractivity contribution is 5.92. The van der Waals surface area contributed by atoms with Crippen molar-refractivity contribution in [2.24, 2.45) is 0 Å². The Balaban J connectivity index is 2.03. The Labute approximate surface area is 131 Å². The maximum absolute atomic E-state index is 11.8. The van der Waals surface area contributed by atoms with E-state index in [0.29, 0.717) is 17.4 Å². The zero-order chi connectivity index (χ0) is 16.1. The third kappa shape index (κ3) is 4.28. The van der Waals surface area contributed by atoms with Crippen LogP contribution < -0.4 is 10.6 Å². The molecule has 0 aliphatic rings. The van der Waals surface area contributed by atoms with Gasteiger partial charge in [0.2, 0.25) is 0 Å². The first kappa shape index (κ1) is 15.9. The van der Waals surface area contributed by atoms with Gasteiger partial charge >= 0.3 is 0 Å². The Morgan fingerprint density at radius 3 is 2.18 bits per heavy atom. The molecule has 0 saturated heterocycles. The van der Waals surface area contributed by atoms with Gasteiger partial charge in [-0.1, -0.05) is 26.0 Å². The summed E-state index contributed by atoms with van der Waals surface area (Å²) in [5, 5.41) is 5.95. The molecule has 22 heavy (non-hydrogen) atoms. The summed E-state index contributed by atoms with van der Waals surface area (Å²) in [5.41, 5.74) is 2.55. The first-order valence-corrected chi connectivity index (χ1v) is 7.45. The van der Waals surface area contributed by atoms with Crippen molar-refractivity contribution in [3.63, 3.8) is 0 Å². The molecule has 0 unspecified atom stereocenters. The van der Waals surface area contributed by atoms with Crippen molar-refractivity contribution in [2.75, 3.05) is 5.32 Å². The summed E-state index contributed by atoms with van der Waals surface area (Å²) in [7, 11) is 0. The molecule has 5 nitrogen and oxygen atoms in total. The molecule has 2 aromatic rings. The number of rotatable bonds is 5. The Bertz CT molecular complexity index is 618. The minimum atomic E-state index is -0.213. The lowest BCUT2D eigenvalue weighted by atomic mass is 10.0. The summed E-state index contributed by atoms with van der Waals surface area (Å²) < 4.78 is 0. The number of aromatic nitrogens is 2. The van der Waals surface area contributed by atoms with Crippen LogP contribution in [-0.4, -0.2) is 21.9 Å². The highest BCUT2D eigenvalue weighted by atomic mass is 16.1. The number of carbonyl (C=O) groups excluding carboxylic acids is 1. The van der Waals surface area contributed by atoms with Crippen molar-refractivity contribution in [1.82, 2.24) is 15.3 Å². The smallest absolute Gasteiger partial charge is 0.271 e. The van der Waals surface area contributed by atoms with Gasteiger partial charge in [0, 0.05) is 11.7 Å². The van der Waals surface area contributed by atoms with E-state index in [9.17, 15) is 4.79 Å². The molecule has 1 aromatic heterocycles. The van der Waals surface area contributed by atoms with Crippen LogP contribution in [0.15, 0.2) is 36.7 Å². The number of hydrogen-bond donors (Lipinski definition) is 2. The maximum Gasteiger partial charge on any atom is 0.271 e. The van der Waals surface area contributed by atoms with Crippen molar-refractivity contribution >= 4 is 17.4 Å². The molecular weight excluding hydrogens is 276 g/mol. The van der Waals surface area contributed by atoms with E-state index >= 15 is 0 Å². The first-order chi connectivity index (χ1) is 10.5. The van der Waals surface area contributed by atoms with Gasteiger partial charge in [-0.2, -0.15) is 0 Å². The van der Waals surface area contributed by atoms with Crippen LogP contribution in [0.5, 0.6) is 0 Å². The monoisotopic (exact) mass is 298 g/mol. The summed E-state index contributed by atoms with van der Waals surface area (Å²) in [4.78, 5) is 20.2. The highest BCUT2D eigenvalue weighted by Crippen LogP contribution is 2.19. The molecule has 1 amide bonds. The first-order valence-electron chi connectivity index (χ1n) is 7.45. The fourth-order valence-corrected chi connectivity index (χ4v) is 1.95. The van der Waals surface area contributed by atoms with Crippen molar-refractivity contribution in [3.8, 4) is 0 Å². The van der Waals surface area contributed by atoms with Crippen LogP contribution in [-0.2, 0) is 0 Å². The Morgan fingerprint density at radius 2 is 1.68 bits per heavy atom. The lowest BCUT2D eigenvalue weighted by molar-refractivity contribution is 0.0937. The third-order valence-electron chi connectivity index (χ3n) is 3.15. The lowest BCUT2D eigenvalue weighted by Crippen LogP contribution is -2.30. The quantitative estimate of drug-likeness (QED) is 0.887. The average molecular weight is 298 g/mol. The van der Waals surface area contributed by atoms with Gasteiger partial charge in [0.15, 0.2) is 0 Å². The van der Waals surface area contributed by atoms with Crippen molar-refractivity contribution < 1.29 is 4.79 Å². The molecule has 0 fully saturated rings. The van der Waals surface area contributed by atoms with Gasteiger partial charge in [-0.25, -0.2) is 9.97 Å². The van der Waals surface area contributed by atoms with E-state index in [2.05, 4.69) is 46.6 Å².